The largest absolute Gasteiger partial charge is 0.342 e. The van der Waals surface area contributed by atoms with Gasteiger partial charge in [0.05, 0.1) is 11.3 Å². The Bertz CT molecular complexity index is 435. The third-order valence-electron chi connectivity index (χ3n) is 3.01. The lowest BCUT2D eigenvalue weighted by atomic mass is 10.2. The maximum Gasteiger partial charge on any atom is 0.244 e. The summed E-state index contributed by atoms with van der Waals surface area (Å²) in [6, 6.07) is 0.157. The van der Waals surface area contributed by atoms with Crippen molar-refractivity contribution in [2.45, 2.75) is 40.3 Å². The molecule has 1 aromatic rings. The minimum absolute atomic E-state index is 0.0111. The van der Waals surface area contributed by atoms with Crippen molar-refractivity contribution in [2.24, 2.45) is 0 Å². The molecule has 5 heteroatoms. The molecule has 0 aliphatic rings. The van der Waals surface area contributed by atoms with Gasteiger partial charge in [0.25, 0.3) is 0 Å². The summed E-state index contributed by atoms with van der Waals surface area (Å²) >= 11 is 0. The zero-order valence-electron chi connectivity index (χ0n) is 11.0. The molecule has 0 saturated heterocycles. The van der Waals surface area contributed by atoms with E-state index >= 15 is 0 Å². The van der Waals surface area contributed by atoms with Gasteiger partial charge in [-0.2, -0.15) is 5.10 Å². The fourth-order valence-corrected chi connectivity index (χ4v) is 1.56. The molecule has 0 fully saturated rings. The third-order valence-corrected chi connectivity index (χ3v) is 3.01. The number of rotatable bonds is 4. The van der Waals surface area contributed by atoms with Gasteiger partial charge >= 0.3 is 0 Å². The minimum atomic E-state index is -0.0111. The van der Waals surface area contributed by atoms with Crippen molar-refractivity contribution in [2.75, 3.05) is 7.05 Å². The van der Waals surface area contributed by atoms with Crippen LogP contribution in [0.25, 0.3) is 0 Å². The molecule has 0 radical (unpaired) electrons. The van der Waals surface area contributed by atoms with Gasteiger partial charge in [-0.3, -0.25) is 14.3 Å². The minimum Gasteiger partial charge on any atom is -0.342 e. The number of aldehydes is 1. The summed E-state index contributed by atoms with van der Waals surface area (Å²) in [5.74, 6) is -0.0111. The van der Waals surface area contributed by atoms with E-state index in [9.17, 15) is 9.59 Å². The highest BCUT2D eigenvalue weighted by molar-refractivity contribution is 5.79. The predicted octanol–water partition coefficient (Wildman–Crippen LogP) is 1.18. The summed E-state index contributed by atoms with van der Waals surface area (Å²) in [5, 5.41) is 4.20. The van der Waals surface area contributed by atoms with Crippen LogP contribution in [-0.4, -0.2) is 40.0 Å². The highest BCUT2D eigenvalue weighted by atomic mass is 16.2. The summed E-state index contributed by atoms with van der Waals surface area (Å²) in [4.78, 5) is 24.4. The molecule has 0 aliphatic carbocycles. The first kappa shape index (κ1) is 13.4. The van der Waals surface area contributed by atoms with Crippen molar-refractivity contribution in [1.82, 2.24) is 14.7 Å². The first-order chi connectivity index (χ1) is 7.88. The monoisotopic (exact) mass is 237 g/mol. The van der Waals surface area contributed by atoms with Crippen molar-refractivity contribution >= 4 is 12.2 Å². The molecule has 0 bridgehead atoms. The van der Waals surface area contributed by atoms with Crippen LogP contribution in [-0.2, 0) is 11.3 Å². The Labute approximate surface area is 101 Å². The lowest BCUT2D eigenvalue weighted by Gasteiger charge is -2.21. The molecule has 5 nitrogen and oxygen atoms in total. The molecule has 0 aliphatic heterocycles. The fourth-order valence-electron chi connectivity index (χ4n) is 1.56. The maximum absolute atomic E-state index is 11.9. The van der Waals surface area contributed by atoms with Crippen molar-refractivity contribution in [3.8, 4) is 0 Å². The zero-order valence-corrected chi connectivity index (χ0v) is 11.0. The summed E-state index contributed by atoms with van der Waals surface area (Å²) in [7, 11) is 1.76. The standard InChI is InChI=1S/C12H19N3O2/c1-8(2)14(5)12(17)6-15-10(4)11(7-16)9(3)13-15/h7-8H,6H2,1-5H3. The Hall–Kier alpha value is -1.65. The number of hydrogen-bond acceptors (Lipinski definition) is 3. The lowest BCUT2D eigenvalue weighted by Crippen LogP contribution is -2.36. The highest BCUT2D eigenvalue weighted by Crippen LogP contribution is 2.10. The van der Waals surface area contributed by atoms with E-state index in [-0.39, 0.29) is 18.5 Å². The van der Waals surface area contributed by atoms with Crippen molar-refractivity contribution in [3.05, 3.63) is 17.0 Å². The topological polar surface area (TPSA) is 55.2 Å². The van der Waals surface area contributed by atoms with E-state index < -0.39 is 0 Å². The van der Waals surface area contributed by atoms with Crippen LogP contribution in [0.2, 0.25) is 0 Å². The van der Waals surface area contributed by atoms with E-state index in [1.165, 1.54) is 0 Å². The Morgan fingerprint density at radius 3 is 2.47 bits per heavy atom. The maximum atomic E-state index is 11.9. The molecule has 0 spiro atoms. The van der Waals surface area contributed by atoms with E-state index in [2.05, 4.69) is 5.10 Å². The molecule has 1 amide bonds. The molecular weight excluding hydrogens is 218 g/mol. The number of nitrogens with zero attached hydrogens (tertiary/aromatic N) is 3. The molecule has 0 atom stereocenters. The number of carbonyl (C=O) groups is 2. The van der Waals surface area contributed by atoms with Gasteiger partial charge < -0.3 is 4.90 Å². The number of amides is 1. The molecule has 1 rings (SSSR count). The molecule has 1 heterocycles. The predicted molar refractivity (Wildman–Crippen MR) is 65.0 cm³/mol. The van der Waals surface area contributed by atoms with Crippen molar-refractivity contribution < 1.29 is 9.59 Å². The summed E-state index contributed by atoms with van der Waals surface area (Å²) in [5.41, 5.74) is 1.98. The van der Waals surface area contributed by atoms with Crippen molar-refractivity contribution in [1.29, 1.82) is 0 Å². The quantitative estimate of drug-likeness (QED) is 0.739. The Morgan fingerprint density at radius 1 is 1.47 bits per heavy atom. The van der Waals surface area contributed by atoms with Crippen LogP contribution in [0.15, 0.2) is 0 Å². The van der Waals surface area contributed by atoms with Gasteiger partial charge in [0, 0.05) is 18.8 Å². The molecular formula is C12H19N3O2. The number of carbonyl (C=O) groups excluding carboxylic acids is 2. The fraction of sp³-hybridized carbons (Fsp3) is 0.583. The first-order valence-electron chi connectivity index (χ1n) is 5.63. The highest BCUT2D eigenvalue weighted by Gasteiger charge is 2.16. The number of aromatic nitrogens is 2. The second-order valence-corrected chi connectivity index (χ2v) is 4.46. The third kappa shape index (κ3) is 2.72. The summed E-state index contributed by atoms with van der Waals surface area (Å²) in [6.45, 7) is 7.65. The molecule has 1 aromatic heterocycles. The number of hydrogen-bond donors (Lipinski definition) is 0. The molecule has 17 heavy (non-hydrogen) atoms. The summed E-state index contributed by atoms with van der Waals surface area (Å²) in [6.07, 6.45) is 0.783. The van der Waals surface area contributed by atoms with Gasteiger partial charge in [0.2, 0.25) is 5.91 Å². The first-order valence-corrected chi connectivity index (χ1v) is 5.63. The van der Waals surface area contributed by atoms with Crippen molar-refractivity contribution in [3.63, 3.8) is 0 Å². The van der Waals surface area contributed by atoms with Gasteiger partial charge in [-0.15, -0.1) is 0 Å². The Kier molecular flexibility index (Phi) is 4.04. The SMILES string of the molecule is Cc1nn(CC(=O)N(C)C(C)C)c(C)c1C=O. The normalized spacial score (nSPS) is 10.7. The van der Waals surface area contributed by atoms with Gasteiger partial charge in [0.15, 0.2) is 6.29 Å². The van der Waals surface area contributed by atoms with E-state index in [0.717, 1.165) is 12.0 Å². The Morgan fingerprint density at radius 2 is 2.06 bits per heavy atom. The van der Waals surface area contributed by atoms with Gasteiger partial charge in [-0.25, -0.2) is 0 Å². The van der Waals surface area contributed by atoms with Crippen LogP contribution >= 0.6 is 0 Å². The molecule has 0 aromatic carbocycles. The van der Waals surface area contributed by atoms with Crippen LogP contribution in [0.5, 0.6) is 0 Å². The molecule has 94 valence electrons. The van der Waals surface area contributed by atoms with Gasteiger partial charge in [-0.05, 0) is 27.7 Å². The summed E-state index contributed by atoms with van der Waals surface area (Å²) < 4.78 is 1.58. The molecule has 0 unspecified atom stereocenters. The number of likely N-dealkylation sites (N-methyl/N-ethyl adjacent to an activating group) is 1. The van der Waals surface area contributed by atoms with E-state index in [4.69, 9.17) is 0 Å². The zero-order chi connectivity index (χ0) is 13.2. The van der Waals surface area contributed by atoms with Crippen LogP contribution in [0.1, 0.15) is 35.6 Å². The van der Waals surface area contributed by atoms with E-state index in [1.807, 2.05) is 13.8 Å². The molecule has 0 N–H and O–H groups in total. The van der Waals surface area contributed by atoms with Crippen LogP contribution in [0, 0.1) is 13.8 Å². The van der Waals surface area contributed by atoms with Crippen LogP contribution < -0.4 is 0 Å². The average Bonchev–Trinajstić information content (AvgIpc) is 2.52. The van der Waals surface area contributed by atoms with E-state index in [1.54, 1.807) is 30.5 Å². The van der Waals surface area contributed by atoms with Crippen LogP contribution in [0.3, 0.4) is 0 Å². The smallest absolute Gasteiger partial charge is 0.244 e. The molecule has 0 saturated carbocycles. The van der Waals surface area contributed by atoms with Crippen LogP contribution in [0.4, 0.5) is 0 Å². The number of aryl methyl sites for hydroxylation is 1. The average molecular weight is 237 g/mol. The second kappa shape index (κ2) is 5.12. The second-order valence-electron chi connectivity index (χ2n) is 4.46. The lowest BCUT2D eigenvalue weighted by molar-refractivity contribution is -0.132. The van der Waals surface area contributed by atoms with E-state index in [0.29, 0.717) is 11.3 Å². The van der Waals surface area contributed by atoms with Gasteiger partial charge in [-0.1, -0.05) is 0 Å². The Balaban J connectivity index is 2.89. The van der Waals surface area contributed by atoms with Gasteiger partial charge in [0.1, 0.15) is 6.54 Å².